The summed E-state index contributed by atoms with van der Waals surface area (Å²) in [7, 11) is 2.13. The van der Waals surface area contributed by atoms with Crippen molar-refractivity contribution in [2.45, 2.75) is 51.7 Å². The Labute approximate surface area is 142 Å². The summed E-state index contributed by atoms with van der Waals surface area (Å²) in [6.07, 6.45) is 12.6. The number of fused-ring (bicyclic) bond motifs is 2. The Morgan fingerprint density at radius 3 is 2.75 bits per heavy atom. The lowest BCUT2D eigenvalue weighted by atomic mass is 9.71. The first-order valence-electron chi connectivity index (χ1n) is 8.76. The molecule has 4 aliphatic rings. The van der Waals surface area contributed by atoms with E-state index in [2.05, 4.69) is 37.9 Å². The molecule has 0 radical (unpaired) electrons. The quantitative estimate of drug-likeness (QED) is 0.536. The van der Waals surface area contributed by atoms with Gasteiger partial charge in [-0.15, -0.1) is 0 Å². The Hall–Kier alpha value is -2.04. The van der Waals surface area contributed by atoms with Crippen LogP contribution in [0.4, 0.5) is 0 Å². The van der Waals surface area contributed by atoms with E-state index < -0.39 is 5.72 Å². The van der Waals surface area contributed by atoms with E-state index in [0.717, 1.165) is 31.4 Å². The first-order chi connectivity index (χ1) is 11.4. The molecule has 0 saturated carbocycles. The third-order valence-corrected chi connectivity index (χ3v) is 6.33. The Kier molecular flexibility index (Phi) is 3.21. The van der Waals surface area contributed by atoms with Gasteiger partial charge in [-0.05, 0) is 44.8 Å². The second-order valence-electron chi connectivity index (χ2n) is 7.78. The number of hydrogen-bond donors (Lipinski definition) is 0. The molecule has 2 atom stereocenters. The Bertz CT molecular complexity index is 729. The molecule has 5 nitrogen and oxygen atoms in total. The van der Waals surface area contributed by atoms with E-state index in [1.54, 1.807) is 6.08 Å². The summed E-state index contributed by atoms with van der Waals surface area (Å²) in [6.45, 7) is 4.53. The lowest BCUT2D eigenvalue weighted by molar-refractivity contribution is -0.429. The standard InChI is InChI=1S/C19H24N2O3/c1-18(2)15-6-4-5-7-16(15)20(3)19(18)11-10-13-12-14(21(22)23)8-9-17(13)24-19/h6-9,13H,4-5,10-12H2,1-3H3. The minimum atomic E-state index is -0.392. The van der Waals surface area contributed by atoms with Crippen LogP contribution in [0.2, 0.25) is 0 Å². The van der Waals surface area contributed by atoms with Gasteiger partial charge in [-0.25, -0.2) is 0 Å². The SMILES string of the molecule is CN1C2=CCCC=C2C(C)(C)C12CCC1CC([N+](=O)[O-])=CC=C1O2. The van der Waals surface area contributed by atoms with Gasteiger partial charge in [-0.3, -0.25) is 10.1 Å². The normalized spacial score (nSPS) is 33.6. The number of nitrogens with zero attached hydrogens (tertiary/aromatic N) is 2. The zero-order valence-electron chi connectivity index (χ0n) is 14.5. The van der Waals surface area contributed by atoms with E-state index in [-0.39, 0.29) is 16.3 Å². The van der Waals surface area contributed by atoms with Crippen molar-refractivity contribution in [3.05, 3.63) is 57.1 Å². The summed E-state index contributed by atoms with van der Waals surface area (Å²) in [5, 5.41) is 11.0. The highest BCUT2D eigenvalue weighted by Crippen LogP contribution is 2.60. The topological polar surface area (TPSA) is 55.6 Å². The molecule has 24 heavy (non-hydrogen) atoms. The number of rotatable bonds is 1. The Morgan fingerprint density at radius 1 is 1.29 bits per heavy atom. The van der Waals surface area contributed by atoms with Crippen molar-refractivity contribution in [1.82, 2.24) is 4.90 Å². The Morgan fingerprint density at radius 2 is 2.04 bits per heavy atom. The summed E-state index contributed by atoms with van der Waals surface area (Å²) in [5.74, 6) is 1.04. The number of nitro groups is 1. The largest absolute Gasteiger partial charge is 0.471 e. The summed E-state index contributed by atoms with van der Waals surface area (Å²) >= 11 is 0. The minimum Gasteiger partial charge on any atom is -0.471 e. The van der Waals surface area contributed by atoms with Crippen LogP contribution < -0.4 is 0 Å². The zero-order valence-corrected chi connectivity index (χ0v) is 14.5. The molecular formula is C19H24N2O3. The molecule has 0 aromatic carbocycles. The third-order valence-electron chi connectivity index (χ3n) is 6.33. The van der Waals surface area contributed by atoms with Crippen LogP contribution in [0, 0.1) is 21.4 Å². The van der Waals surface area contributed by atoms with Crippen molar-refractivity contribution < 1.29 is 9.66 Å². The predicted octanol–water partition coefficient (Wildman–Crippen LogP) is 4.13. The summed E-state index contributed by atoms with van der Waals surface area (Å²) in [6, 6.07) is 0. The van der Waals surface area contributed by atoms with Crippen LogP contribution in [-0.2, 0) is 4.74 Å². The van der Waals surface area contributed by atoms with Gasteiger partial charge in [-0.1, -0.05) is 12.2 Å². The smallest absolute Gasteiger partial charge is 0.247 e. The molecule has 2 fully saturated rings. The molecule has 0 N–H and O–H groups in total. The number of likely N-dealkylation sites (N-methyl/N-ethyl adjacent to an activating group) is 1. The Balaban J connectivity index is 1.74. The van der Waals surface area contributed by atoms with Gasteiger partial charge in [0.25, 0.3) is 0 Å². The molecule has 0 aromatic rings. The fraction of sp³-hybridized carbons (Fsp3) is 0.579. The van der Waals surface area contributed by atoms with Crippen molar-refractivity contribution in [1.29, 1.82) is 0 Å². The van der Waals surface area contributed by atoms with E-state index in [4.69, 9.17) is 4.74 Å². The van der Waals surface area contributed by atoms with E-state index in [1.165, 1.54) is 11.3 Å². The average Bonchev–Trinajstić information content (AvgIpc) is 2.74. The zero-order chi connectivity index (χ0) is 17.1. The lowest BCUT2D eigenvalue weighted by Crippen LogP contribution is -2.55. The molecule has 0 bridgehead atoms. The summed E-state index contributed by atoms with van der Waals surface area (Å²) in [4.78, 5) is 13.1. The predicted molar refractivity (Wildman–Crippen MR) is 91.3 cm³/mol. The lowest BCUT2D eigenvalue weighted by Gasteiger charge is -2.50. The van der Waals surface area contributed by atoms with Crippen LogP contribution in [0.1, 0.15) is 46.0 Å². The highest BCUT2D eigenvalue weighted by atomic mass is 16.6. The van der Waals surface area contributed by atoms with E-state index in [1.807, 2.05) is 6.08 Å². The van der Waals surface area contributed by atoms with E-state index >= 15 is 0 Å². The van der Waals surface area contributed by atoms with Gasteiger partial charge >= 0.3 is 0 Å². The second kappa shape index (κ2) is 4.98. The average molecular weight is 328 g/mol. The molecule has 0 aromatic heterocycles. The van der Waals surface area contributed by atoms with Gasteiger partial charge in [0.05, 0.1) is 10.3 Å². The van der Waals surface area contributed by atoms with Gasteiger partial charge in [-0.2, -0.15) is 0 Å². The van der Waals surface area contributed by atoms with E-state index in [9.17, 15) is 10.1 Å². The van der Waals surface area contributed by atoms with Gasteiger partial charge in [0.1, 0.15) is 5.76 Å². The maximum atomic E-state index is 11.0. The third kappa shape index (κ3) is 1.87. The van der Waals surface area contributed by atoms with Crippen LogP contribution in [0.3, 0.4) is 0 Å². The van der Waals surface area contributed by atoms with Crippen LogP contribution >= 0.6 is 0 Å². The van der Waals surface area contributed by atoms with Crippen LogP contribution in [-0.4, -0.2) is 22.6 Å². The number of likely N-dealkylation sites (tertiary alicyclic amines) is 1. The second-order valence-corrected chi connectivity index (χ2v) is 7.78. The molecule has 2 aliphatic carbocycles. The molecule has 5 heteroatoms. The van der Waals surface area contributed by atoms with Crippen molar-refractivity contribution >= 4 is 0 Å². The molecular weight excluding hydrogens is 304 g/mol. The van der Waals surface area contributed by atoms with Gasteiger partial charge in [0.2, 0.25) is 5.70 Å². The van der Waals surface area contributed by atoms with Crippen LogP contribution in [0.5, 0.6) is 0 Å². The first kappa shape index (κ1) is 15.5. The molecule has 4 rings (SSSR count). The molecule has 2 saturated heterocycles. The van der Waals surface area contributed by atoms with Crippen LogP contribution in [0.15, 0.2) is 47.0 Å². The van der Waals surface area contributed by atoms with Gasteiger partial charge in [0.15, 0.2) is 5.72 Å². The maximum absolute atomic E-state index is 11.0. The van der Waals surface area contributed by atoms with Gasteiger partial charge in [0, 0.05) is 37.6 Å². The number of allylic oxidation sites excluding steroid dienone is 7. The highest BCUT2D eigenvalue weighted by Gasteiger charge is 2.61. The van der Waals surface area contributed by atoms with Crippen molar-refractivity contribution in [3.8, 4) is 0 Å². The van der Waals surface area contributed by atoms with Crippen LogP contribution in [0.25, 0.3) is 0 Å². The van der Waals surface area contributed by atoms with Crippen molar-refractivity contribution in [2.24, 2.45) is 11.3 Å². The fourth-order valence-electron chi connectivity index (χ4n) is 4.90. The summed E-state index contributed by atoms with van der Waals surface area (Å²) in [5.41, 5.74) is 2.47. The summed E-state index contributed by atoms with van der Waals surface area (Å²) < 4.78 is 6.62. The molecule has 2 aliphatic heterocycles. The minimum absolute atomic E-state index is 0.104. The van der Waals surface area contributed by atoms with Crippen molar-refractivity contribution in [3.63, 3.8) is 0 Å². The van der Waals surface area contributed by atoms with E-state index in [0.29, 0.717) is 12.1 Å². The molecule has 2 heterocycles. The molecule has 0 amide bonds. The maximum Gasteiger partial charge on any atom is 0.247 e. The molecule has 128 valence electrons. The number of hydrogen-bond acceptors (Lipinski definition) is 4. The highest BCUT2D eigenvalue weighted by molar-refractivity contribution is 5.46. The first-order valence-corrected chi connectivity index (χ1v) is 8.76. The van der Waals surface area contributed by atoms with Gasteiger partial charge < -0.3 is 9.64 Å². The monoisotopic (exact) mass is 328 g/mol. The number of ether oxygens (including phenoxy) is 1. The molecule has 2 unspecified atom stereocenters. The fourth-order valence-corrected chi connectivity index (χ4v) is 4.90. The van der Waals surface area contributed by atoms with Crippen molar-refractivity contribution in [2.75, 3.05) is 7.05 Å². The molecule has 1 spiro atoms.